The molecular formula is C23H23N3O8. The van der Waals surface area contributed by atoms with Crippen molar-refractivity contribution in [2.45, 2.75) is 6.54 Å². The fourth-order valence-corrected chi connectivity index (χ4v) is 2.97. The molecular weight excluding hydrogens is 446 g/mol. The van der Waals surface area contributed by atoms with Crippen LogP contribution in [0.25, 0.3) is 0 Å². The summed E-state index contributed by atoms with van der Waals surface area (Å²) in [4.78, 5) is 35.7. The molecule has 2 aromatic carbocycles. The van der Waals surface area contributed by atoms with Gasteiger partial charge in [-0.1, -0.05) is 12.1 Å². The fourth-order valence-electron chi connectivity index (χ4n) is 2.97. The molecule has 1 heterocycles. The zero-order chi connectivity index (χ0) is 24.5. The number of nitro benzene ring substituents is 1. The van der Waals surface area contributed by atoms with E-state index in [1.165, 1.54) is 26.5 Å². The number of benzene rings is 2. The van der Waals surface area contributed by atoms with Crippen LogP contribution in [0.1, 0.15) is 26.5 Å². The zero-order valence-electron chi connectivity index (χ0n) is 18.5. The number of nitro groups is 1. The van der Waals surface area contributed by atoms with Gasteiger partial charge in [-0.25, -0.2) is 0 Å². The van der Waals surface area contributed by atoms with E-state index in [0.29, 0.717) is 5.69 Å². The van der Waals surface area contributed by atoms with E-state index in [-0.39, 0.29) is 48.5 Å². The van der Waals surface area contributed by atoms with Crippen molar-refractivity contribution in [1.82, 2.24) is 5.32 Å². The van der Waals surface area contributed by atoms with Crippen molar-refractivity contribution in [3.05, 3.63) is 81.8 Å². The molecule has 2 amide bonds. The van der Waals surface area contributed by atoms with Crippen LogP contribution in [0.15, 0.2) is 59.2 Å². The second kappa shape index (κ2) is 11.5. The summed E-state index contributed by atoms with van der Waals surface area (Å²) in [7, 11) is 2.87. The van der Waals surface area contributed by atoms with Crippen molar-refractivity contribution in [2.75, 3.05) is 32.8 Å². The fraction of sp³-hybridized carbons (Fsp3) is 0.217. The van der Waals surface area contributed by atoms with Crippen molar-refractivity contribution in [1.29, 1.82) is 0 Å². The molecule has 0 bridgehead atoms. The van der Waals surface area contributed by atoms with Crippen LogP contribution >= 0.6 is 0 Å². The molecule has 1 aromatic heterocycles. The molecule has 0 saturated heterocycles. The first-order chi connectivity index (χ1) is 16.4. The van der Waals surface area contributed by atoms with E-state index in [4.69, 9.17) is 18.6 Å². The number of carbonyl (C=O) groups excluding carboxylic acids is 2. The Balaban J connectivity index is 1.67. The molecule has 0 saturated carbocycles. The van der Waals surface area contributed by atoms with Crippen LogP contribution in [-0.4, -0.2) is 44.2 Å². The third-order valence-corrected chi connectivity index (χ3v) is 4.68. The summed E-state index contributed by atoms with van der Waals surface area (Å²) in [5.74, 6) is -0.535. The van der Waals surface area contributed by atoms with Crippen LogP contribution in [0.3, 0.4) is 0 Å². The predicted molar refractivity (Wildman–Crippen MR) is 121 cm³/mol. The van der Waals surface area contributed by atoms with Crippen LogP contribution in [0.5, 0.6) is 11.5 Å². The molecule has 0 fully saturated rings. The molecule has 3 rings (SSSR count). The molecule has 11 nitrogen and oxygen atoms in total. The molecule has 178 valence electrons. The quantitative estimate of drug-likeness (QED) is 0.247. The number of carbonyl (C=O) groups is 2. The van der Waals surface area contributed by atoms with E-state index in [1.54, 1.807) is 36.4 Å². The number of hydrogen-bond acceptors (Lipinski definition) is 8. The molecule has 0 unspecified atom stereocenters. The van der Waals surface area contributed by atoms with Gasteiger partial charge in [0.25, 0.3) is 17.5 Å². The third-order valence-electron chi connectivity index (χ3n) is 4.68. The molecule has 0 aliphatic heterocycles. The average molecular weight is 469 g/mol. The second-order valence-electron chi connectivity index (χ2n) is 6.93. The Morgan fingerprint density at radius 3 is 2.41 bits per heavy atom. The smallest absolute Gasteiger partial charge is 0.291 e. The Kier molecular flexibility index (Phi) is 8.19. The number of amides is 2. The van der Waals surface area contributed by atoms with E-state index in [2.05, 4.69) is 10.6 Å². The van der Waals surface area contributed by atoms with Crippen LogP contribution in [0.2, 0.25) is 0 Å². The molecule has 0 spiro atoms. The normalized spacial score (nSPS) is 10.4. The first-order valence-corrected chi connectivity index (χ1v) is 10.1. The molecule has 0 atom stereocenters. The lowest BCUT2D eigenvalue weighted by molar-refractivity contribution is -0.385. The number of hydrogen-bond donors (Lipinski definition) is 2. The van der Waals surface area contributed by atoms with Crippen LogP contribution in [-0.2, 0) is 11.3 Å². The largest absolute Gasteiger partial charge is 0.493 e. The first-order valence-electron chi connectivity index (χ1n) is 10.1. The van der Waals surface area contributed by atoms with Crippen molar-refractivity contribution in [3.8, 4) is 11.5 Å². The van der Waals surface area contributed by atoms with Crippen molar-refractivity contribution >= 4 is 23.2 Å². The molecule has 11 heteroatoms. The molecule has 0 radical (unpaired) electrons. The van der Waals surface area contributed by atoms with E-state index in [1.807, 2.05) is 0 Å². The SMILES string of the molecule is COCCOc1cc([N+](=O)[O-])c(C(=O)NCc2ccc(NC(=O)c3ccco3)cc2)cc1OC. The van der Waals surface area contributed by atoms with Gasteiger partial charge in [0.15, 0.2) is 17.3 Å². The van der Waals surface area contributed by atoms with Crippen molar-refractivity contribution in [3.63, 3.8) is 0 Å². The number of anilines is 1. The third kappa shape index (κ3) is 6.11. The molecule has 0 aliphatic rings. The van der Waals surface area contributed by atoms with Gasteiger partial charge in [-0.15, -0.1) is 0 Å². The van der Waals surface area contributed by atoms with Gasteiger partial charge in [0.2, 0.25) is 0 Å². The summed E-state index contributed by atoms with van der Waals surface area (Å²) in [5, 5.41) is 16.9. The van der Waals surface area contributed by atoms with Gasteiger partial charge in [0, 0.05) is 25.4 Å². The van der Waals surface area contributed by atoms with Gasteiger partial charge in [0.1, 0.15) is 12.2 Å². The Morgan fingerprint density at radius 2 is 1.79 bits per heavy atom. The topological polar surface area (TPSA) is 142 Å². The first kappa shape index (κ1) is 24.3. The standard InChI is InChI=1S/C23H23N3O8/c1-31-10-11-34-21-13-18(26(29)30)17(12-20(21)32-2)22(27)24-14-15-5-7-16(8-6-15)25-23(28)19-4-3-9-33-19/h3-9,12-13H,10-11,14H2,1-2H3,(H,24,27)(H,25,28). The Morgan fingerprint density at radius 1 is 1.03 bits per heavy atom. The summed E-state index contributed by atoms with van der Waals surface area (Å²) in [6.07, 6.45) is 1.41. The highest BCUT2D eigenvalue weighted by Crippen LogP contribution is 2.34. The number of ether oxygens (including phenoxy) is 3. The minimum absolute atomic E-state index is 0.108. The zero-order valence-corrected chi connectivity index (χ0v) is 18.5. The lowest BCUT2D eigenvalue weighted by atomic mass is 10.1. The highest BCUT2D eigenvalue weighted by Gasteiger charge is 2.24. The Labute approximate surface area is 194 Å². The van der Waals surface area contributed by atoms with Crippen LogP contribution < -0.4 is 20.1 Å². The summed E-state index contributed by atoms with van der Waals surface area (Å²) in [6.45, 7) is 0.550. The van der Waals surface area contributed by atoms with Crippen molar-refractivity contribution < 1.29 is 33.1 Å². The lowest BCUT2D eigenvalue weighted by Crippen LogP contribution is -2.24. The van der Waals surface area contributed by atoms with Gasteiger partial charge >= 0.3 is 0 Å². The molecule has 0 aliphatic carbocycles. The predicted octanol–water partition coefficient (Wildman–Crippen LogP) is 3.40. The molecule has 3 aromatic rings. The molecule has 34 heavy (non-hydrogen) atoms. The minimum Gasteiger partial charge on any atom is -0.493 e. The summed E-state index contributed by atoms with van der Waals surface area (Å²) in [5.41, 5.74) is 0.685. The van der Waals surface area contributed by atoms with E-state index in [0.717, 1.165) is 11.6 Å². The van der Waals surface area contributed by atoms with E-state index >= 15 is 0 Å². The van der Waals surface area contributed by atoms with Gasteiger partial charge in [0.05, 0.1) is 31.0 Å². The number of methoxy groups -OCH3 is 2. The maximum atomic E-state index is 12.7. The maximum absolute atomic E-state index is 12.7. The van der Waals surface area contributed by atoms with E-state index < -0.39 is 16.5 Å². The highest BCUT2D eigenvalue weighted by atomic mass is 16.6. The molecule has 2 N–H and O–H groups in total. The maximum Gasteiger partial charge on any atom is 0.291 e. The van der Waals surface area contributed by atoms with Crippen LogP contribution in [0, 0.1) is 10.1 Å². The Hall–Kier alpha value is -4.38. The number of furan rings is 1. The number of nitrogens with one attached hydrogen (secondary N) is 2. The second-order valence-corrected chi connectivity index (χ2v) is 6.93. The number of rotatable bonds is 11. The minimum atomic E-state index is -0.659. The van der Waals surface area contributed by atoms with Gasteiger partial charge in [-0.2, -0.15) is 0 Å². The van der Waals surface area contributed by atoms with Gasteiger partial charge < -0.3 is 29.3 Å². The highest BCUT2D eigenvalue weighted by molar-refractivity contribution is 6.02. The monoisotopic (exact) mass is 469 g/mol. The van der Waals surface area contributed by atoms with Crippen LogP contribution in [0.4, 0.5) is 11.4 Å². The lowest BCUT2D eigenvalue weighted by Gasteiger charge is -2.13. The summed E-state index contributed by atoms with van der Waals surface area (Å²) >= 11 is 0. The summed E-state index contributed by atoms with van der Waals surface area (Å²) < 4.78 is 20.6. The van der Waals surface area contributed by atoms with Gasteiger partial charge in [-0.05, 0) is 29.8 Å². The van der Waals surface area contributed by atoms with E-state index in [9.17, 15) is 19.7 Å². The summed E-state index contributed by atoms with van der Waals surface area (Å²) in [6, 6.07) is 12.3. The number of nitrogens with zero attached hydrogens (tertiary/aromatic N) is 1. The van der Waals surface area contributed by atoms with Gasteiger partial charge in [-0.3, -0.25) is 19.7 Å². The average Bonchev–Trinajstić information content (AvgIpc) is 3.38. The van der Waals surface area contributed by atoms with Crippen molar-refractivity contribution in [2.24, 2.45) is 0 Å². The Bertz CT molecular complexity index is 1140.